The number of nitrogens with zero attached hydrogens (tertiary/aromatic N) is 2. The Balaban J connectivity index is 0.00000320. The van der Waals surface area contributed by atoms with Crippen molar-refractivity contribution < 1.29 is 17.9 Å². The van der Waals surface area contributed by atoms with Gasteiger partial charge in [0, 0.05) is 6.54 Å². The van der Waals surface area contributed by atoms with Crippen LogP contribution in [0.15, 0.2) is 53.5 Å². The van der Waals surface area contributed by atoms with Gasteiger partial charge in [-0.1, -0.05) is 42.8 Å². The van der Waals surface area contributed by atoms with Crippen molar-refractivity contribution in [2.24, 2.45) is 10.7 Å². The summed E-state index contributed by atoms with van der Waals surface area (Å²) >= 11 is 0. The molecule has 1 heterocycles. The standard InChI is InChI=1S/C21H25F3N4O.HI/c22-21(23,24)29-19-11-5-4-10-18(19)27-20(25)26-14-16-8-2-3-9-17(16)15-28-12-6-1-7-13-28;/h2-5,8-11H,1,6-7,12-15H2,(H3,25,26,27);1H. The van der Waals surface area contributed by atoms with Gasteiger partial charge >= 0.3 is 6.36 Å². The Hall–Kier alpha value is -2.01. The first-order chi connectivity index (χ1) is 13.9. The van der Waals surface area contributed by atoms with Gasteiger partial charge in [-0.05, 0) is 49.2 Å². The highest BCUT2D eigenvalue weighted by atomic mass is 127. The molecule has 0 unspecified atom stereocenters. The minimum atomic E-state index is -4.78. The fourth-order valence-corrected chi connectivity index (χ4v) is 3.36. The predicted molar refractivity (Wildman–Crippen MR) is 123 cm³/mol. The van der Waals surface area contributed by atoms with Gasteiger partial charge in [-0.2, -0.15) is 0 Å². The number of piperidine rings is 1. The number of guanidine groups is 1. The van der Waals surface area contributed by atoms with Crippen molar-refractivity contribution >= 4 is 35.6 Å². The Kier molecular flexibility index (Phi) is 9.22. The molecule has 0 saturated carbocycles. The molecule has 2 aromatic carbocycles. The van der Waals surface area contributed by atoms with E-state index in [-0.39, 0.29) is 41.4 Å². The maximum absolute atomic E-state index is 12.5. The summed E-state index contributed by atoms with van der Waals surface area (Å²) in [6, 6.07) is 13.7. The number of halogens is 4. The number of rotatable bonds is 6. The SMILES string of the molecule is I.NC(=NCc1ccccc1CN1CCCCC1)Nc1ccccc1OC(F)(F)F. The van der Waals surface area contributed by atoms with Crippen LogP contribution in [-0.4, -0.2) is 30.3 Å². The summed E-state index contributed by atoms with van der Waals surface area (Å²) in [6.45, 7) is 3.39. The minimum absolute atomic E-state index is 0. The molecule has 1 aliphatic rings. The quantitative estimate of drug-likeness (QED) is 0.307. The molecule has 0 aliphatic carbocycles. The summed E-state index contributed by atoms with van der Waals surface area (Å²) < 4.78 is 41.7. The molecule has 0 bridgehead atoms. The maximum atomic E-state index is 12.5. The van der Waals surface area contributed by atoms with Crippen LogP contribution < -0.4 is 15.8 Å². The van der Waals surface area contributed by atoms with Gasteiger partial charge in [-0.3, -0.25) is 4.90 Å². The highest BCUT2D eigenvalue weighted by Crippen LogP contribution is 2.29. The fraction of sp³-hybridized carbons (Fsp3) is 0.381. The van der Waals surface area contributed by atoms with Gasteiger partial charge in [0.1, 0.15) is 0 Å². The molecule has 164 valence electrons. The van der Waals surface area contributed by atoms with Crippen molar-refractivity contribution in [2.45, 2.75) is 38.7 Å². The lowest BCUT2D eigenvalue weighted by molar-refractivity contribution is -0.274. The molecule has 30 heavy (non-hydrogen) atoms. The first-order valence-corrected chi connectivity index (χ1v) is 9.61. The third kappa shape index (κ3) is 7.67. The van der Waals surface area contributed by atoms with E-state index in [1.807, 2.05) is 18.2 Å². The Morgan fingerprint density at radius 2 is 1.63 bits per heavy atom. The van der Waals surface area contributed by atoms with Gasteiger partial charge in [-0.25, -0.2) is 4.99 Å². The normalized spacial score (nSPS) is 15.4. The molecular weight excluding hydrogens is 508 g/mol. The van der Waals surface area contributed by atoms with Gasteiger partial charge in [0.05, 0.1) is 12.2 Å². The zero-order chi connectivity index (χ0) is 20.7. The third-order valence-corrected chi connectivity index (χ3v) is 4.76. The van der Waals surface area contributed by atoms with E-state index in [1.54, 1.807) is 6.07 Å². The van der Waals surface area contributed by atoms with Gasteiger partial charge in [0.2, 0.25) is 0 Å². The molecule has 2 aromatic rings. The number of alkyl halides is 3. The van der Waals surface area contributed by atoms with E-state index < -0.39 is 6.36 Å². The number of aliphatic imine (C=N–C) groups is 1. The second-order valence-corrected chi connectivity index (χ2v) is 6.98. The highest BCUT2D eigenvalue weighted by molar-refractivity contribution is 14.0. The van der Waals surface area contributed by atoms with E-state index in [0.29, 0.717) is 6.54 Å². The fourth-order valence-electron chi connectivity index (χ4n) is 3.36. The molecule has 9 heteroatoms. The summed E-state index contributed by atoms with van der Waals surface area (Å²) in [5.74, 6) is -0.334. The van der Waals surface area contributed by atoms with E-state index in [9.17, 15) is 13.2 Å². The van der Waals surface area contributed by atoms with Gasteiger partial charge in [0.25, 0.3) is 0 Å². The number of benzene rings is 2. The van der Waals surface area contributed by atoms with Crippen molar-refractivity contribution in [1.82, 2.24) is 4.90 Å². The maximum Gasteiger partial charge on any atom is 0.573 e. The van der Waals surface area contributed by atoms with Gasteiger partial charge < -0.3 is 15.8 Å². The molecule has 3 N–H and O–H groups in total. The van der Waals surface area contributed by atoms with Crippen LogP contribution in [-0.2, 0) is 13.1 Å². The minimum Gasteiger partial charge on any atom is -0.404 e. The molecule has 0 spiro atoms. The number of para-hydroxylation sites is 2. The number of anilines is 1. The molecule has 3 rings (SSSR count). The van der Waals surface area contributed by atoms with Crippen LogP contribution in [0.5, 0.6) is 5.75 Å². The van der Waals surface area contributed by atoms with Crippen LogP contribution in [0.1, 0.15) is 30.4 Å². The van der Waals surface area contributed by atoms with Crippen molar-refractivity contribution in [3.05, 3.63) is 59.7 Å². The van der Waals surface area contributed by atoms with Crippen LogP contribution in [0.4, 0.5) is 18.9 Å². The number of nitrogens with one attached hydrogen (secondary N) is 1. The average Bonchev–Trinajstić information content (AvgIpc) is 2.68. The molecule has 1 saturated heterocycles. The highest BCUT2D eigenvalue weighted by Gasteiger charge is 2.32. The van der Waals surface area contributed by atoms with Crippen LogP contribution in [0.3, 0.4) is 0 Å². The first-order valence-electron chi connectivity index (χ1n) is 9.61. The zero-order valence-corrected chi connectivity index (χ0v) is 18.8. The lowest BCUT2D eigenvalue weighted by Crippen LogP contribution is -2.29. The molecule has 1 fully saturated rings. The summed E-state index contributed by atoms with van der Waals surface area (Å²) in [4.78, 5) is 6.74. The van der Waals surface area contributed by atoms with E-state index in [1.165, 1.54) is 43.0 Å². The predicted octanol–water partition coefficient (Wildman–Crippen LogP) is 5.12. The second kappa shape index (κ2) is 11.4. The van der Waals surface area contributed by atoms with E-state index in [4.69, 9.17) is 5.73 Å². The van der Waals surface area contributed by atoms with Crippen LogP contribution in [0.25, 0.3) is 0 Å². The monoisotopic (exact) mass is 534 g/mol. The van der Waals surface area contributed by atoms with Gasteiger partial charge in [-0.15, -0.1) is 37.1 Å². The smallest absolute Gasteiger partial charge is 0.404 e. The summed E-state index contributed by atoms with van der Waals surface area (Å²) in [5, 5.41) is 2.70. The van der Waals surface area contributed by atoms with Crippen molar-refractivity contribution in [3.8, 4) is 5.75 Å². The molecular formula is C21H26F3IN4O. The Bertz CT molecular complexity index is 839. The number of likely N-dealkylation sites (tertiary alicyclic amines) is 1. The molecule has 5 nitrogen and oxygen atoms in total. The molecule has 1 aliphatic heterocycles. The van der Waals surface area contributed by atoms with Crippen molar-refractivity contribution in [3.63, 3.8) is 0 Å². The summed E-state index contributed by atoms with van der Waals surface area (Å²) in [7, 11) is 0. The van der Waals surface area contributed by atoms with E-state index >= 15 is 0 Å². The summed E-state index contributed by atoms with van der Waals surface area (Å²) in [5.41, 5.74) is 8.25. The van der Waals surface area contributed by atoms with E-state index in [2.05, 4.69) is 26.0 Å². The first kappa shape index (κ1) is 24.3. The summed E-state index contributed by atoms with van der Waals surface area (Å²) in [6.07, 6.45) is -1.06. The molecule has 0 atom stereocenters. The van der Waals surface area contributed by atoms with Crippen LogP contribution >= 0.6 is 24.0 Å². The van der Waals surface area contributed by atoms with E-state index in [0.717, 1.165) is 25.2 Å². The third-order valence-electron chi connectivity index (χ3n) is 4.76. The average molecular weight is 534 g/mol. The number of nitrogens with two attached hydrogens (primary N) is 1. The Labute approximate surface area is 191 Å². The van der Waals surface area contributed by atoms with Gasteiger partial charge in [0.15, 0.2) is 11.7 Å². The lowest BCUT2D eigenvalue weighted by Gasteiger charge is -2.27. The second-order valence-electron chi connectivity index (χ2n) is 6.98. The lowest BCUT2D eigenvalue weighted by atomic mass is 10.1. The van der Waals surface area contributed by atoms with Crippen LogP contribution in [0, 0.1) is 0 Å². The van der Waals surface area contributed by atoms with Crippen LogP contribution in [0.2, 0.25) is 0 Å². The van der Waals surface area contributed by atoms with Crippen molar-refractivity contribution in [2.75, 3.05) is 18.4 Å². The number of hydrogen-bond donors (Lipinski definition) is 2. The Morgan fingerprint density at radius 3 is 2.33 bits per heavy atom. The molecule has 0 amide bonds. The number of hydrogen-bond acceptors (Lipinski definition) is 3. The molecule has 0 aromatic heterocycles. The largest absolute Gasteiger partial charge is 0.573 e. The van der Waals surface area contributed by atoms with Crippen molar-refractivity contribution in [1.29, 1.82) is 0 Å². The Morgan fingerprint density at radius 1 is 1.00 bits per heavy atom. The zero-order valence-electron chi connectivity index (χ0n) is 16.5. The number of ether oxygens (including phenoxy) is 1. The molecule has 0 radical (unpaired) electrons. The topological polar surface area (TPSA) is 62.9 Å².